The number of hydrogen-bond donors (Lipinski definition) is 5. The number of carbonyl (C=O) groups excluding carboxylic acids is 3. The molecule has 6 N–H and O–H groups in total. The van der Waals surface area contributed by atoms with E-state index in [1.54, 1.807) is 36.4 Å². The normalized spacial score (nSPS) is 12.3. The van der Waals surface area contributed by atoms with Crippen molar-refractivity contribution >= 4 is 17.9 Å². The number of hydrogen-bond acceptors (Lipinski definition) is 6. The summed E-state index contributed by atoms with van der Waals surface area (Å²) >= 11 is 0. The van der Waals surface area contributed by atoms with E-state index in [1.165, 1.54) is 0 Å². The molecular weight excluding hydrogens is 376 g/mol. The lowest BCUT2D eigenvalue weighted by molar-refractivity contribution is -0.130. The van der Waals surface area contributed by atoms with Gasteiger partial charge in [-0.3, -0.25) is 15.0 Å². The number of aliphatic hydroxyl groups excluding tert-OH is 1. The average Bonchev–Trinajstić information content (AvgIpc) is 2.76. The summed E-state index contributed by atoms with van der Waals surface area (Å²) in [5.41, 5.74) is 3.45. The standard InChI is InChI=1S/C20H24N4O5/c21-24-19(27)17(12-25)22-18(26)16(11-14-7-3-1-4-8-14)23-20(28)29-13-15-9-5-2-6-10-15/h1-10,16-17,25H,11-13,21H2,(H,22,26)(H,23,28)(H,24,27)/t16-,17-/m0/s1. The fourth-order valence-electron chi connectivity index (χ4n) is 2.53. The molecule has 29 heavy (non-hydrogen) atoms. The molecule has 0 fully saturated rings. The van der Waals surface area contributed by atoms with Gasteiger partial charge in [0.2, 0.25) is 5.91 Å². The summed E-state index contributed by atoms with van der Waals surface area (Å²) in [4.78, 5) is 36.5. The number of nitrogens with one attached hydrogen (secondary N) is 3. The first-order valence-electron chi connectivity index (χ1n) is 8.96. The largest absolute Gasteiger partial charge is 0.445 e. The van der Waals surface area contributed by atoms with Crippen LogP contribution in [0, 0.1) is 0 Å². The van der Waals surface area contributed by atoms with Crippen molar-refractivity contribution in [2.75, 3.05) is 6.61 Å². The van der Waals surface area contributed by atoms with E-state index in [9.17, 15) is 19.5 Å². The van der Waals surface area contributed by atoms with Crippen molar-refractivity contribution in [3.05, 3.63) is 71.8 Å². The summed E-state index contributed by atoms with van der Waals surface area (Å²) in [6.07, 6.45) is -0.621. The van der Waals surface area contributed by atoms with Crippen LogP contribution >= 0.6 is 0 Å². The van der Waals surface area contributed by atoms with E-state index in [0.717, 1.165) is 11.1 Å². The number of benzene rings is 2. The number of aliphatic hydroxyl groups is 1. The van der Waals surface area contributed by atoms with Crippen LogP contribution in [0.1, 0.15) is 11.1 Å². The monoisotopic (exact) mass is 400 g/mol. The highest BCUT2D eigenvalue weighted by Gasteiger charge is 2.26. The van der Waals surface area contributed by atoms with Gasteiger partial charge in [-0.25, -0.2) is 10.6 Å². The van der Waals surface area contributed by atoms with Gasteiger partial charge >= 0.3 is 6.09 Å². The Labute approximate surface area is 168 Å². The maximum atomic E-state index is 12.6. The predicted octanol–water partition coefficient (Wildman–Crippen LogP) is -0.00890. The molecule has 2 atom stereocenters. The van der Waals surface area contributed by atoms with Crippen molar-refractivity contribution in [1.82, 2.24) is 16.1 Å². The van der Waals surface area contributed by atoms with Gasteiger partial charge in [0.1, 0.15) is 18.7 Å². The molecule has 0 unspecified atom stereocenters. The highest BCUT2D eigenvalue weighted by molar-refractivity contribution is 5.91. The zero-order valence-electron chi connectivity index (χ0n) is 15.7. The van der Waals surface area contributed by atoms with Gasteiger partial charge in [-0.1, -0.05) is 60.7 Å². The van der Waals surface area contributed by atoms with Gasteiger partial charge in [-0.15, -0.1) is 0 Å². The second-order valence-corrected chi connectivity index (χ2v) is 6.20. The molecule has 0 saturated carbocycles. The molecule has 2 aromatic rings. The Morgan fingerprint density at radius 3 is 2.00 bits per heavy atom. The van der Waals surface area contributed by atoms with Crippen molar-refractivity contribution < 1.29 is 24.2 Å². The molecule has 2 rings (SSSR count). The van der Waals surface area contributed by atoms with Gasteiger partial charge in [-0.2, -0.15) is 0 Å². The van der Waals surface area contributed by atoms with Crippen LogP contribution in [0.4, 0.5) is 4.79 Å². The van der Waals surface area contributed by atoms with Crippen LogP contribution in [0.3, 0.4) is 0 Å². The Hall–Kier alpha value is -3.43. The highest BCUT2D eigenvalue weighted by atomic mass is 16.5. The smallest absolute Gasteiger partial charge is 0.408 e. The van der Waals surface area contributed by atoms with E-state index >= 15 is 0 Å². The van der Waals surface area contributed by atoms with Crippen LogP contribution in [0.15, 0.2) is 60.7 Å². The van der Waals surface area contributed by atoms with Crippen LogP contribution in [-0.4, -0.2) is 41.7 Å². The number of nitrogens with two attached hydrogens (primary N) is 1. The minimum atomic E-state index is -1.24. The van der Waals surface area contributed by atoms with Crippen molar-refractivity contribution in [1.29, 1.82) is 0 Å². The predicted molar refractivity (Wildman–Crippen MR) is 105 cm³/mol. The molecule has 9 heteroatoms. The van der Waals surface area contributed by atoms with Crippen molar-refractivity contribution in [2.24, 2.45) is 5.84 Å². The summed E-state index contributed by atoms with van der Waals surface area (Å²) in [6, 6.07) is 15.9. The lowest BCUT2D eigenvalue weighted by Gasteiger charge is -2.21. The fourth-order valence-corrected chi connectivity index (χ4v) is 2.53. The molecule has 0 aliphatic carbocycles. The second-order valence-electron chi connectivity index (χ2n) is 6.20. The summed E-state index contributed by atoms with van der Waals surface area (Å²) in [5, 5.41) is 14.2. The van der Waals surface area contributed by atoms with Crippen LogP contribution in [-0.2, 0) is 27.4 Å². The molecule has 3 amide bonds. The van der Waals surface area contributed by atoms with Gasteiger partial charge in [0, 0.05) is 6.42 Å². The van der Waals surface area contributed by atoms with Gasteiger partial charge in [-0.05, 0) is 11.1 Å². The maximum absolute atomic E-state index is 12.6. The molecule has 9 nitrogen and oxygen atoms in total. The molecule has 154 valence electrons. The van der Waals surface area contributed by atoms with E-state index in [2.05, 4.69) is 10.6 Å². The molecule has 0 aromatic heterocycles. The first-order chi connectivity index (χ1) is 14.0. The molecule has 0 aliphatic rings. The van der Waals surface area contributed by atoms with E-state index in [1.807, 2.05) is 29.7 Å². The van der Waals surface area contributed by atoms with Crippen LogP contribution in [0.2, 0.25) is 0 Å². The van der Waals surface area contributed by atoms with Crippen molar-refractivity contribution in [3.8, 4) is 0 Å². The molecule has 0 spiro atoms. The SMILES string of the molecule is NNC(=O)[C@H](CO)NC(=O)[C@H](Cc1ccccc1)NC(=O)OCc1ccccc1. The van der Waals surface area contributed by atoms with Gasteiger partial charge in [0.05, 0.1) is 6.61 Å². The Bertz CT molecular complexity index is 801. The van der Waals surface area contributed by atoms with Gasteiger partial charge < -0.3 is 20.5 Å². The summed E-state index contributed by atoms with van der Waals surface area (Å²) in [5.74, 6) is 3.63. The third-order valence-electron chi connectivity index (χ3n) is 4.06. The molecule has 0 saturated heterocycles. The van der Waals surface area contributed by atoms with Crippen molar-refractivity contribution in [2.45, 2.75) is 25.1 Å². The molecular formula is C20H24N4O5. The summed E-state index contributed by atoms with van der Waals surface area (Å²) in [6.45, 7) is -0.605. The Balaban J connectivity index is 2.04. The van der Waals surface area contributed by atoms with E-state index in [-0.39, 0.29) is 13.0 Å². The number of ether oxygens (including phenoxy) is 1. The molecule has 0 radical (unpaired) electrons. The Morgan fingerprint density at radius 1 is 0.862 bits per heavy atom. The third kappa shape index (κ3) is 7.24. The minimum Gasteiger partial charge on any atom is -0.445 e. The van der Waals surface area contributed by atoms with Gasteiger partial charge in [0.25, 0.3) is 5.91 Å². The van der Waals surface area contributed by atoms with Crippen LogP contribution in [0.5, 0.6) is 0 Å². The summed E-state index contributed by atoms with van der Waals surface area (Å²) < 4.78 is 5.17. The van der Waals surface area contributed by atoms with Crippen LogP contribution < -0.4 is 21.9 Å². The Morgan fingerprint density at radius 2 is 1.45 bits per heavy atom. The lowest BCUT2D eigenvalue weighted by Crippen LogP contribution is -2.56. The van der Waals surface area contributed by atoms with Gasteiger partial charge in [0.15, 0.2) is 0 Å². The Kier molecular flexibility index (Phi) is 8.61. The zero-order valence-corrected chi connectivity index (χ0v) is 15.7. The number of hydrazine groups is 1. The molecule has 0 heterocycles. The topological polar surface area (TPSA) is 143 Å². The quantitative estimate of drug-likeness (QED) is 0.228. The van der Waals surface area contributed by atoms with E-state index in [0.29, 0.717) is 0 Å². The highest BCUT2D eigenvalue weighted by Crippen LogP contribution is 2.06. The number of carbonyl (C=O) groups is 3. The first-order valence-corrected chi connectivity index (χ1v) is 8.96. The maximum Gasteiger partial charge on any atom is 0.408 e. The number of alkyl carbamates (subject to hydrolysis) is 1. The minimum absolute atomic E-state index is 0.0429. The first kappa shape index (κ1) is 21.9. The number of rotatable bonds is 9. The lowest BCUT2D eigenvalue weighted by atomic mass is 10.0. The van der Waals surface area contributed by atoms with E-state index < -0.39 is 36.6 Å². The fraction of sp³-hybridized carbons (Fsp3) is 0.250. The third-order valence-corrected chi connectivity index (χ3v) is 4.06. The second kappa shape index (κ2) is 11.4. The van der Waals surface area contributed by atoms with Crippen LogP contribution in [0.25, 0.3) is 0 Å². The molecule has 0 aliphatic heterocycles. The van der Waals surface area contributed by atoms with E-state index in [4.69, 9.17) is 10.6 Å². The average molecular weight is 400 g/mol. The molecule has 0 bridgehead atoms. The molecule has 2 aromatic carbocycles. The zero-order chi connectivity index (χ0) is 21.1. The number of amides is 3. The van der Waals surface area contributed by atoms with Crippen molar-refractivity contribution in [3.63, 3.8) is 0 Å². The summed E-state index contributed by atoms with van der Waals surface area (Å²) in [7, 11) is 0.